The second kappa shape index (κ2) is 7.01. The first-order valence-corrected chi connectivity index (χ1v) is 8.68. The lowest BCUT2D eigenvalue weighted by Crippen LogP contribution is -2.38. The van der Waals surface area contributed by atoms with Gasteiger partial charge in [0.2, 0.25) is 5.89 Å². The van der Waals surface area contributed by atoms with Gasteiger partial charge >= 0.3 is 0 Å². The molecule has 7 heteroatoms. The normalized spacial score (nSPS) is 18.9. The van der Waals surface area contributed by atoms with Gasteiger partial charge in [0.05, 0.1) is 0 Å². The molecule has 1 fully saturated rings. The maximum absolute atomic E-state index is 6.16. The molecular formula is C14H15Cl2N3OS. The molecule has 0 amide bonds. The maximum Gasteiger partial charge on any atom is 0.228 e. The number of hydrogen-bond donors (Lipinski definition) is 1. The van der Waals surface area contributed by atoms with Crippen LogP contribution in [0.5, 0.6) is 0 Å². The second-order valence-corrected chi connectivity index (χ2v) is 6.94. The van der Waals surface area contributed by atoms with Crippen LogP contribution in [0.2, 0.25) is 10.0 Å². The smallest absolute Gasteiger partial charge is 0.228 e. The van der Waals surface area contributed by atoms with Crippen LogP contribution in [0.1, 0.15) is 17.3 Å². The van der Waals surface area contributed by atoms with Crippen LogP contribution in [0.15, 0.2) is 22.7 Å². The van der Waals surface area contributed by atoms with Gasteiger partial charge in [-0.25, -0.2) is 0 Å². The van der Waals surface area contributed by atoms with E-state index < -0.39 is 0 Å². The third kappa shape index (κ3) is 4.13. The Labute approximate surface area is 137 Å². The summed E-state index contributed by atoms with van der Waals surface area (Å²) in [4.78, 5) is 4.44. The fourth-order valence-electron chi connectivity index (χ4n) is 2.24. The van der Waals surface area contributed by atoms with Gasteiger partial charge in [-0.1, -0.05) is 34.4 Å². The Bertz CT molecular complexity index is 614. The van der Waals surface area contributed by atoms with Gasteiger partial charge in [0.1, 0.15) is 0 Å². The maximum atomic E-state index is 6.16. The predicted octanol–water partition coefficient (Wildman–Crippen LogP) is 3.21. The molecule has 21 heavy (non-hydrogen) atoms. The number of halogens is 2. The third-order valence-corrected chi connectivity index (χ3v) is 5.01. The van der Waals surface area contributed by atoms with E-state index in [1.54, 1.807) is 6.07 Å². The van der Waals surface area contributed by atoms with Crippen LogP contribution in [0.3, 0.4) is 0 Å². The van der Waals surface area contributed by atoms with Gasteiger partial charge in [-0.2, -0.15) is 16.7 Å². The molecule has 1 atom stereocenters. The summed E-state index contributed by atoms with van der Waals surface area (Å²) in [5.41, 5.74) is 0.944. The standard InChI is InChI=1S/C14H15Cl2N3OS/c15-10-2-1-9(12(16)6-10)5-13-18-14(20-19-13)7-11-8-21-4-3-17-11/h1-2,6,11,17H,3-5,7-8H2. The van der Waals surface area contributed by atoms with Crippen molar-refractivity contribution in [1.29, 1.82) is 0 Å². The number of rotatable bonds is 4. The third-order valence-electron chi connectivity index (χ3n) is 3.29. The second-order valence-electron chi connectivity index (χ2n) is 4.95. The first-order valence-electron chi connectivity index (χ1n) is 6.77. The van der Waals surface area contributed by atoms with Crippen LogP contribution in [-0.4, -0.2) is 34.2 Å². The lowest BCUT2D eigenvalue weighted by atomic mass is 10.1. The van der Waals surface area contributed by atoms with Gasteiger partial charge in [0.25, 0.3) is 0 Å². The SMILES string of the molecule is Clc1ccc(Cc2noc(CC3CSCCN3)n2)c(Cl)c1. The predicted molar refractivity (Wildman–Crippen MR) is 86.4 cm³/mol. The van der Waals surface area contributed by atoms with E-state index in [0.717, 1.165) is 24.3 Å². The van der Waals surface area contributed by atoms with Crippen molar-refractivity contribution in [1.82, 2.24) is 15.5 Å². The lowest BCUT2D eigenvalue weighted by Gasteiger charge is -2.21. The Hall–Kier alpha value is -0.750. The van der Waals surface area contributed by atoms with Crippen LogP contribution >= 0.6 is 35.0 Å². The summed E-state index contributed by atoms with van der Waals surface area (Å²) in [6, 6.07) is 5.84. The van der Waals surface area contributed by atoms with Gasteiger partial charge in [-0.05, 0) is 17.7 Å². The fraction of sp³-hybridized carbons (Fsp3) is 0.429. The number of benzene rings is 1. The van der Waals surface area contributed by atoms with E-state index in [1.165, 1.54) is 5.75 Å². The van der Waals surface area contributed by atoms with E-state index >= 15 is 0 Å². The highest BCUT2D eigenvalue weighted by atomic mass is 35.5. The lowest BCUT2D eigenvalue weighted by molar-refractivity contribution is 0.359. The number of nitrogens with zero attached hydrogens (tertiary/aromatic N) is 2. The van der Waals surface area contributed by atoms with E-state index in [4.69, 9.17) is 27.7 Å². The van der Waals surface area contributed by atoms with Crippen LogP contribution < -0.4 is 5.32 Å². The van der Waals surface area contributed by atoms with Crippen molar-refractivity contribution < 1.29 is 4.52 Å². The van der Waals surface area contributed by atoms with Gasteiger partial charge in [0.15, 0.2) is 5.82 Å². The first kappa shape index (κ1) is 15.2. The van der Waals surface area contributed by atoms with Crippen molar-refractivity contribution in [3.05, 3.63) is 45.5 Å². The van der Waals surface area contributed by atoms with E-state index in [1.807, 2.05) is 23.9 Å². The Morgan fingerprint density at radius 1 is 1.38 bits per heavy atom. The average molecular weight is 344 g/mol. The fourth-order valence-corrected chi connectivity index (χ4v) is 3.67. The monoisotopic (exact) mass is 343 g/mol. The number of nitrogens with one attached hydrogen (secondary N) is 1. The number of thioether (sulfide) groups is 1. The van der Waals surface area contributed by atoms with Gasteiger partial charge in [-0.3, -0.25) is 0 Å². The molecule has 112 valence electrons. The van der Waals surface area contributed by atoms with Crippen molar-refractivity contribution in [3.63, 3.8) is 0 Å². The molecule has 1 unspecified atom stereocenters. The number of hydrogen-bond acceptors (Lipinski definition) is 5. The topological polar surface area (TPSA) is 51.0 Å². The zero-order chi connectivity index (χ0) is 14.7. The highest BCUT2D eigenvalue weighted by Crippen LogP contribution is 2.22. The molecule has 2 heterocycles. The van der Waals surface area contributed by atoms with Crippen LogP contribution in [-0.2, 0) is 12.8 Å². The molecule has 0 bridgehead atoms. The van der Waals surface area contributed by atoms with Crippen molar-refractivity contribution in [2.45, 2.75) is 18.9 Å². The first-order chi connectivity index (χ1) is 10.2. The Kier molecular flexibility index (Phi) is 5.06. The zero-order valence-electron chi connectivity index (χ0n) is 11.3. The molecule has 1 aliphatic heterocycles. The van der Waals surface area contributed by atoms with Crippen LogP contribution in [0.4, 0.5) is 0 Å². The van der Waals surface area contributed by atoms with Crippen molar-refractivity contribution >= 4 is 35.0 Å². The minimum absolute atomic E-state index is 0.413. The quantitative estimate of drug-likeness (QED) is 0.923. The highest BCUT2D eigenvalue weighted by molar-refractivity contribution is 7.99. The average Bonchev–Trinajstić information content (AvgIpc) is 2.90. The molecular weight excluding hydrogens is 329 g/mol. The largest absolute Gasteiger partial charge is 0.339 e. The number of aromatic nitrogens is 2. The molecule has 1 aliphatic rings. The molecule has 0 saturated carbocycles. The Balaban J connectivity index is 1.64. The molecule has 1 aromatic heterocycles. The summed E-state index contributed by atoms with van der Waals surface area (Å²) in [5.74, 6) is 3.58. The summed E-state index contributed by atoms with van der Waals surface area (Å²) in [7, 11) is 0. The summed E-state index contributed by atoms with van der Waals surface area (Å²) >= 11 is 14.0. The summed E-state index contributed by atoms with van der Waals surface area (Å²) < 4.78 is 5.32. The summed E-state index contributed by atoms with van der Waals surface area (Å²) in [6.07, 6.45) is 1.32. The Morgan fingerprint density at radius 3 is 3.05 bits per heavy atom. The molecule has 0 spiro atoms. The van der Waals surface area contributed by atoms with Gasteiger partial charge < -0.3 is 9.84 Å². The van der Waals surface area contributed by atoms with E-state index in [-0.39, 0.29) is 0 Å². The minimum Gasteiger partial charge on any atom is -0.339 e. The summed E-state index contributed by atoms with van der Waals surface area (Å²) in [5, 5.41) is 8.73. The molecule has 1 aromatic carbocycles. The molecule has 4 nitrogen and oxygen atoms in total. The van der Waals surface area contributed by atoms with E-state index in [9.17, 15) is 0 Å². The minimum atomic E-state index is 0.413. The molecule has 1 saturated heterocycles. The van der Waals surface area contributed by atoms with Crippen LogP contribution in [0, 0.1) is 0 Å². The molecule has 0 aliphatic carbocycles. The molecule has 0 radical (unpaired) electrons. The van der Waals surface area contributed by atoms with Crippen molar-refractivity contribution in [2.75, 3.05) is 18.1 Å². The van der Waals surface area contributed by atoms with E-state index in [0.29, 0.717) is 34.2 Å². The van der Waals surface area contributed by atoms with Crippen molar-refractivity contribution in [2.24, 2.45) is 0 Å². The zero-order valence-corrected chi connectivity index (χ0v) is 13.6. The van der Waals surface area contributed by atoms with Crippen LogP contribution in [0.25, 0.3) is 0 Å². The Morgan fingerprint density at radius 2 is 2.29 bits per heavy atom. The highest BCUT2D eigenvalue weighted by Gasteiger charge is 2.17. The molecule has 3 rings (SSSR count). The summed E-state index contributed by atoms with van der Waals surface area (Å²) in [6.45, 7) is 1.04. The molecule has 1 N–H and O–H groups in total. The van der Waals surface area contributed by atoms with Gasteiger partial charge in [0, 0.05) is 47.0 Å². The van der Waals surface area contributed by atoms with Gasteiger partial charge in [-0.15, -0.1) is 0 Å². The molecule has 2 aromatic rings. The van der Waals surface area contributed by atoms with Crippen molar-refractivity contribution in [3.8, 4) is 0 Å². The van der Waals surface area contributed by atoms with E-state index in [2.05, 4.69) is 15.5 Å².